The first-order chi connectivity index (χ1) is 10.3. The van der Waals surface area contributed by atoms with E-state index in [-0.39, 0.29) is 5.78 Å². The van der Waals surface area contributed by atoms with E-state index < -0.39 is 0 Å². The van der Waals surface area contributed by atoms with Gasteiger partial charge in [0.1, 0.15) is 0 Å². The van der Waals surface area contributed by atoms with Crippen LogP contribution in [0, 0.1) is 0 Å². The summed E-state index contributed by atoms with van der Waals surface area (Å²) in [6, 6.07) is 9.71. The Morgan fingerprint density at radius 3 is 2.52 bits per heavy atom. The van der Waals surface area contributed by atoms with Crippen molar-refractivity contribution in [2.75, 3.05) is 0 Å². The molecule has 106 valence electrons. The number of rotatable bonds is 5. The van der Waals surface area contributed by atoms with Crippen LogP contribution in [0.1, 0.15) is 29.3 Å². The molecule has 3 aromatic rings. The molecule has 0 saturated carbocycles. The van der Waals surface area contributed by atoms with E-state index in [1.165, 1.54) is 0 Å². The molecule has 0 unspecified atom stereocenters. The van der Waals surface area contributed by atoms with Gasteiger partial charge < -0.3 is 0 Å². The molecule has 0 N–H and O–H groups in total. The summed E-state index contributed by atoms with van der Waals surface area (Å²) in [5, 5.41) is 8.43. The number of nitrogens with zero attached hydrogens (tertiary/aromatic N) is 4. The number of carbonyl (C=O) groups excluding carboxylic acids is 1. The molecule has 5 heteroatoms. The van der Waals surface area contributed by atoms with E-state index in [0.29, 0.717) is 11.1 Å². The third-order valence-corrected chi connectivity index (χ3v) is 3.21. The van der Waals surface area contributed by atoms with Crippen LogP contribution in [0.25, 0.3) is 5.69 Å². The molecule has 2 heterocycles. The first kappa shape index (κ1) is 13.3. The molecule has 0 atom stereocenters. The van der Waals surface area contributed by atoms with Crippen molar-refractivity contribution >= 4 is 5.78 Å². The van der Waals surface area contributed by atoms with Gasteiger partial charge in [0.2, 0.25) is 0 Å². The van der Waals surface area contributed by atoms with Crippen LogP contribution in [0.5, 0.6) is 0 Å². The van der Waals surface area contributed by atoms with Gasteiger partial charge in [-0.3, -0.25) is 9.48 Å². The summed E-state index contributed by atoms with van der Waals surface area (Å²) >= 11 is 0. The summed E-state index contributed by atoms with van der Waals surface area (Å²) in [5.41, 5.74) is 2.09. The Hall–Kier alpha value is -2.69. The van der Waals surface area contributed by atoms with E-state index in [4.69, 9.17) is 0 Å². The van der Waals surface area contributed by atoms with Crippen molar-refractivity contribution in [1.29, 1.82) is 0 Å². The van der Waals surface area contributed by atoms with Gasteiger partial charge in [-0.2, -0.15) is 10.2 Å². The van der Waals surface area contributed by atoms with E-state index in [0.717, 1.165) is 18.7 Å². The van der Waals surface area contributed by atoms with Crippen LogP contribution in [-0.4, -0.2) is 25.3 Å². The number of ketones is 1. The number of hydrogen-bond donors (Lipinski definition) is 0. The van der Waals surface area contributed by atoms with Gasteiger partial charge >= 0.3 is 0 Å². The van der Waals surface area contributed by atoms with Crippen LogP contribution in [0.2, 0.25) is 0 Å². The standard InChI is InChI=1S/C16H16N4O/c1-2-8-19-11-13(9-17-19)16(21)14-10-18-20(12-14)15-6-4-3-5-7-15/h3-7,9-12H,2,8H2,1H3. The number of aryl methyl sites for hydroxylation is 1. The van der Waals surface area contributed by atoms with Crippen molar-refractivity contribution in [3.05, 3.63) is 66.2 Å². The van der Waals surface area contributed by atoms with Gasteiger partial charge in [0.25, 0.3) is 0 Å². The second-order valence-electron chi connectivity index (χ2n) is 4.83. The third-order valence-electron chi connectivity index (χ3n) is 3.21. The highest BCUT2D eigenvalue weighted by Crippen LogP contribution is 2.12. The first-order valence-corrected chi connectivity index (χ1v) is 6.95. The molecule has 0 radical (unpaired) electrons. The predicted octanol–water partition coefficient (Wildman–Crippen LogP) is 2.71. The first-order valence-electron chi connectivity index (χ1n) is 6.95. The minimum atomic E-state index is -0.0560. The molecular formula is C16H16N4O. The number of para-hydroxylation sites is 1. The Morgan fingerprint density at radius 2 is 1.76 bits per heavy atom. The highest BCUT2D eigenvalue weighted by Gasteiger charge is 2.14. The lowest BCUT2D eigenvalue weighted by Crippen LogP contribution is -2.00. The maximum absolute atomic E-state index is 12.4. The molecule has 0 spiro atoms. The summed E-state index contributed by atoms with van der Waals surface area (Å²) in [7, 11) is 0. The highest BCUT2D eigenvalue weighted by atomic mass is 16.1. The minimum Gasteiger partial charge on any atom is -0.288 e. The zero-order valence-corrected chi connectivity index (χ0v) is 11.8. The van der Waals surface area contributed by atoms with Gasteiger partial charge in [0.05, 0.1) is 29.2 Å². The summed E-state index contributed by atoms with van der Waals surface area (Å²) < 4.78 is 3.48. The number of carbonyl (C=O) groups is 1. The van der Waals surface area contributed by atoms with Crippen molar-refractivity contribution in [2.24, 2.45) is 0 Å². The fourth-order valence-corrected chi connectivity index (χ4v) is 2.16. The lowest BCUT2D eigenvalue weighted by Gasteiger charge is -1.98. The maximum atomic E-state index is 12.4. The van der Waals surface area contributed by atoms with Crippen LogP contribution in [0.3, 0.4) is 0 Å². The number of aromatic nitrogens is 4. The highest BCUT2D eigenvalue weighted by molar-refractivity contribution is 6.08. The molecule has 0 aliphatic heterocycles. The third kappa shape index (κ3) is 2.76. The molecule has 3 rings (SSSR count). The summed E-state index contributed by atoms with van der Waals surface area (Å²) in [6.07, 6.45) is 7.71. The topological polar surface area (TPSA) is 52.7 Å². The van der Waals surface area contributed by atoms with E-state index in [1.54, 1.807) is 34.2 Å². The fraction of sp³-hybridized carbons (Fsp3) is 0.188. The number of benzene rings is 1. The Balaban J connectivity index is 1.83. The van der Waals surface area contributed by atoms with Gasteiger partial charge in [-0.1, -0.05) is 25.1 Å². The van der Waals surface area contributed by atoms with Crippen molar-refractivity contribution in [3.63, 3.8) is 0 Å². The zero-order chi connectivity index (χ0) is 14.7. The predicted molar refractivity (Wildman–Crippen MR) is 79.5 cm³/mol. The molecule has 5 nitrogen and oxygen atoms in total. The van der Waals surface area contributed by atoms with Crippen LogP contribution in [0.15, 0.2) is 55.1 Å². The average molecular weight is 280 g/mol. The molecule has 2 aromatic heterocycles. The van der Waals surface area contributed by atoms with Gasteiger partial charge in [-0.15, -0.1) is 0 Å². The molecule has 0 saturated heterocycles. The second-order valence-corrected chi connectivity index (χ2v) is 4.83. The maximum Gasteiger partial charge on any atom is 0.199 e. The fourth-order valence-electron chi connectivity index (χ4n) is 2.16. The lowest BCUT2D eigenvalue weighted by molar-refractivity contribution is 0.103. The Labute approximate surface area is 122 Å². The summed E-state index contributed by atoms with van der Waals surface area (Å²) in [6.45, 7) is 2.89. The van der Waals surface area contributed by atoms with Gasteiger partial charge in [0, 0.05) is 18.9 Å². The molecule has 0 aliphatic rings. The Morgan fingerprint density at radius 1 is 1.05 bits per heavy atom. The van der Waals surface area contributed by atoms with Crippen LogP contribution in [0.4, 0.5) is 0 Å². The Bertz CT molecular complexity index is 742. The largest absolute Gasteiger partial charge is 0.288 e. The smallest absolute Gasteiger partial charge is 0.199 e. The Kier molecular flexibility index (Phi) is 3.64. The summed E-state index contributed by atoms with van der Waals surface area (Å²) in [4.78, 5) is 12.4. The SMILES string of the molecule is CCCn1cc(C(=O)c2cnn(-c3ccccc3)c2)cn1. The average Bonchev–Trinajstić information content (AvgIpc) is 3.17. The zero-order valence-electron chi connectivity index (χ0n) is 11.8. The summed E-state index contributed by atoms with van der Waals surface area (Å²) in [5.74, 6) is -0.0560. The van der Waals surface area contributed by atoms with Crippen LogP contribution < -0.4 is 0 Å². The van der Waals surface area contributed by atoms with Crippen molar-refractivity contribution in [3.8, 4) is 5.69 Å². The van der Waals surface area contributed by atoms with Crippen molar-refractivity contribution in [2.45, 2.75) is 19.9 Å². The molecule has 0 aliphatic carbocycles. The van der Waals surface area contributed by atoms with E-state index in [9.17, 15) is 4.79 Å². The molecule has 21 heavy (non-hydrogen) atoms. The van der Waals surface area contributed by atoms with E-state index >= 15 is 0 Å². The lowest BCUT2D eigenvalue weighted by atomic mass is 10.1. The monoisotopic (exact) mass is 280 g/mol. The van der Waals surface area contributed by atoms with E-state index in [2.05, 4.69) is 17.1 Å². The molecular weight excluding hydrogens is 264 g/mol. The normalized spacial score (nSPS) is 10.7. The van der Waals surface area contributed by atoms with Crippen molar-refractivity contribution in [1.82, 2.24) is 19.6 Å². The van der Waals surface area contributed by atoms with Gasteiger partial charge in [-0.05, 0) is 18.6 Å². The van der Waals surface area contributed by atoms with Gasteiger partial charge in [-0.25, -0.2) is 4.68 Å². The molecule has 1 aromatic carbocycles. The second kappa shape index (κ2) is 5.75. The van der Waals surface area contributed by atoms with Crippen molar-refractivity contribution < 1.29 is 4.79 Å². The van der Waals surface area contributed by atoms with E-state index in [1.807, 2.05) is 30.3 Å². The van der Waals surface area contributed by atoms with Gasteiger partial charge in [0.15, 0.2) is 5.78 Å². The minimum absolute atomic E-state index is 0.0560. The number of hydrogen-bond acceptors (Lipinski definition) is 3. The van der Waals surface area contributed by atoms with Crippen LogP contribution >= 0.6 is 0 Å². The molecule has 0 bridgehead atoms. The van der Waals surface area contributed by atoms with Crippen LogP contribution in [-0.2, 0) is 6.54 Å². The quantitative estimate of drug-likeness (QED) is 0.675. The molecule has 0 amide bonds. The molecule has 0 fully saturated rings.